The van der Waals surface area contributed by atoms with Gasteiger partial charge in [-0.25, -0.2) is 0 Å². The van der Waals surface area contributed by atoms with E-state index in [0.717, 1.165) is 30.0 Å². The second-order valence-corrected chi connectivity index (χ2v) is 6.12. The van der Waals surface area contributed by atoms with Crippen LogP contribution in [0.3, 0.4) is 0 Å². The molecule has 1 heterocycles. The van der Waals surface area contributed by atoms with Crippen LogP contribution in [-0.4, -0.2) is 27.3 Å². The number of nitrogen functional groups attached to an aromatic ring is 1. The van der Waals surface area contributed by atoms with Crippen molar-refractivity contribution in [1.29, 1.82) is 0 Å². The summed E-state index contributed by atoms with van der Waals surface area (Å²) in [6.07, 6.45) is 8.08. The zero-order valence-electron chi connectivity index (χ0n) is 11.6. The van der Waals surface area contributed by atoms with Crippen molar-refractivity contribution >= 4 is 23.3 Å². The third kappa shape index (κ3) is 2.60. The summed E-state index contributed by atoms with van der Waals surface area (Å²) in [4.78, 5) is 0. The van der Waals surface area contributed by atoms with E-state index >= 15 is 0 Å². The van der Waals surface area contributed by atoms with Crippen molar-refractivity contribution in [2.24, 2.45) is 7.05 Å². The summed E-state index contributed by atoms with van der Waals surface area (Å²) in [6.45, 7) is 2.15. The van der Waals surface area contributed by atoms with E-state index in [1.807, 2.05) is 23.5 Å². The van der Waals surface area contributed by atoms with Crippen LogP contribution in [-0.2, 0) is 13.5 Å². The summed E-state index contributed by atoms with van der Waals surface area (Å²) < 4.78 is 1.90. The maximum Gasteiger partial charge on any atom is 0.148 e. The predicted octanol–water partition coefficient (Wildman–Crippen LogP) is 2.65. The summed E-state index contributed by atoms with van der Waals surface area (Å²) in [5.41, 5.74) is 8.07. The van der Waals surface area contributed by atoms with Gasteiger partial charge in [0, 0.05) is 18.3 Å². The highest BCUT2D eigenvalue weighted by atomic mass is 32.2. The molecule has 1 aromatic rings. The number of anilines is 2. The van der Waals surface area contributed by atoms with Crippen LogP contribution >= 0.6 is 11.8 Å². The third-order valence-electron chi connectivity index (χ3n) is 3.72. The van der Waals surface area contributed by atoms with Gasteiger partial charge in [-0.3, -0.25) is 4.68 Å². The zero-order chi connectivity index (χ0) is 13.1. The molecule has 0 saturated heterocycles. The van der Waals surface area contributed by atoms with E-state index < -0.39 is 0 Å². The quantitative estimate of drug-likeness (QED) is 0.862. The summed E-state index contributed by atoms with van der Waals surface area (Å²) in [6, 6.07) is 0.534. The van der Waals surface area contributed by atoms with E-state index in [-0.39, 0.29) is 0 Å². The van der Waals surface area contributed by atoms with Crippen LogP contribution in [0.25, 0.3) is 0 Å². The molecule has 0 spiro atoms. The van der Waals surface area contributed by atoms with E-state index in [1.165, 1.54) is 19.3 Å². The first-order valence-corrected chi connectivity index (χ1v) is 8.06. The maximum absolute atomic E-state index is 6.20. The average molecular weight is 268 g/mol. The number of thioether (sulfide) groups is 1. The van der Waals surface area contributed by atoms with Gasteiger partial charge in [-0.05, 0) is 25.5 Å². The van der Waals surface area contributed by atoms with Crippen LogP contribution in [0, 0.1) is 0 Å². The predicted molar refractivity (Wildman–Crippen MR) is 80.2 cm³/mol. The van der Waals surface area contributed by atoms with Crippen molar-refractivity contribution in [2.75, 3.05) is 17.3 Å². The zero-order valence-corrected chi connectivity index (χ0v) is 12.4. The van der Waals surface area contributed by atoms with Crippen molar-refractivity contribution in [3.05, 3.63) is 5.69 Å². The number of aryl methyl sites for hydroxylation is 2. The minimum Gasteiger partial charge on any atom is -0.394 e. The molecule has 4 nitrogen and oxygen atoms in total. The highest BCUT2D eigenvalue weighted by Gasteiger charge is 2.28. The smallest absolute Gasteiger partial charge is 0.148 e. The van der Waals surface area contributed by atoms with Crippen LogP contribution in [0.5, 0.6) is 0 Å². The van der Waals surface area contributed by atoms with Crippen LogP contribution < -0.4 is 11.1 Å². The molecule has 18 heavy (non-hydrogen) atoms. The Hall–Kier alpha value is -0.840. The largest absolute Gasteiger partial charge is 0.394 e. The number of nitrogens with zero attached hydrogens (tertiary/aromatic N) is 2. The molecule has 3 N–H and O–H groups in total. The summed E-state index contributed by atoms with van der Waals surface area (Å²) >= 11 is 1.96. The van der Waals surface area contributed by atoms with Gasteiger partial charge in [0.05, 0.1) is 11.4 Å². The first-order chi connectivity index (χ1) is 8.67. The SMILES string of the molecule is CCCc1nn(C)c(NC2CCCC2SC)c1N. The Morgan fingerprint density at radius 1 is 1.50 bits per heavy atom. The van der Waals surface area contributed by atoms with E-state index in [9.17, 15) is 0 Å². The molecule has 0 aromatic carbocycles. The van der Waals surface area contributed by atoms with Crippen molar-refractivity contribution in [1.82, 2.24) is 9.78 Å². The molecule has 5 heteroatoms. The highest BCUT2D eigenvalue weighted by molar-refractivity contribution is 7.99. The Balaban J connectivity index is 2.13. The van der Waals surface area contributed by atoms with Crippen LogP contribution in [0.2, 0.25) is 0 Å². The average Bonchev–Trinajstić information content (AvgIpc) is 2.90. The fraction of sp³-hybridized carbons (Fsp3) is 0.769. The molecule has 2 rings (SSSR count). The number of nitrogens with one attached hydrogen (secondary N) is 1. The first-order valence-electron chi connectivity index (χ1n) is 6.78. The van der Waals surface area contributed by atoms with Crippen molar-refractivity contribution in [2.45, 2.75) is 50.3 Å². The second-order valence-electron chi connectivity index (χ2n) is 5.04. The molecule has 1 aliphatic carbocycles. The molecular formula is C13H24N4S. The number of aromatic nitrogens is 2. The van der Waals surface area contributed by atoms with Crippen molar-refractivity contribution in [3.8, 4) is 0 Å². The second kappa shape index (κ2) is 5.87. The Morgan fingerprint density at radius 2 is 2.28 bits per heavy atom. The van der Waals surface area contributed by atoms with Crippen molar-refractivity contribution < 1.29 is 0 Å². The molecule has 2 atom stereocenters. The van der Waals surface area contributed by atoms with Crippen LogP contribution in [0.1, 0.15) is 38.3 Å². The lowest BCUT2D eigenvalue weighted by atomic mass is 10.2. The van der Waals surface area contributed by atoms with Gasteiger partial charge < -0.3 is 11.1 Å². The Morgan fingerprint density at radius 3 is 2.94 bits per heavy atom. The molecule has 102 valence electrons. The normalized spacial score (nSPS) is 23.5. The van der Waals surface area contributed by atoms with Gasteiger partial charge in [-0.15, -0.1) is 0 Å². The van der Waals surface area contributed by atoms with E-state index in [0.29, 0.717) is 11.3 Å². The van der Waals surface area contributed by atoms with Crippen LogP contribution in [0.4, 0.5) is 11.5 Å². The van der Waals surface area contributed by atoms with Gasteiger partial charge in [0.1, 0.15) is 5.82 Å². The molecule has 0 amide bonds. The minimum atomic E-state index is 0.534. The minimum absolute atomic E-state index is 0.534. The maximum atomic E-state index is 6.20. The molecule has 1 fully saturated rings. The molecule has 0 radical (unpaired) electrons. The number of hydrogen-bond acceptors (Lipinski definition) is 4. The number of hydrogen-bond donors (Lipinski definition) is 2. The molecule has 2 unspecified atom stereocenters. The topological polar surface area (TPSA) is 55.9 Å². The fourth-order valence-corrected chi connectivity index (χ4v) is 3.67. The lowest BCUT2D eigenvalue weighted by molar-refractivity contribution is 0.706. The first kappa shape index (κ1) is 13.6. The molecule has 0 aliphatic heterocycles. The highest BCUT2D eigenvalue weighted by Crippen LogP contribution is 2.33. The summed E-state index contributed by atoms with van der Waals surface area (Å²) in [5, 5.41) is 8.83. The molecule has 1 aromatic heterocycles. The van der Waals surface area contributed by atoms with Gasteiger partial charge in [0.25, 0.3) is 0 Å². The molecular weight excluding hydrogens is 244 g/mol. The Kier molecular flexibility index (Phi) is 4.43. The van der Waals surface area contributed by atoms with Crippen LogP contribution in [0.15, 0.2) is 0 Å². The molecule has 0 bridgehead atoms. The van der Waals surface area contributed by atoms with Gasteiger partial charge >= 0.3 is 0 Å². The van der Waals surface area contributed by atoms with Gasteiger partial charge in [0.15, 0.2) is 0 Å². The lowest BCUT2D eigenvalue weighted by Crippen LogP contribution is -2.27. The summed E-state index contributed by atoms with van der Waals surface area (Å²) in [5.74, 6) is 1.00. The van der Waals surface area contributed by atoms with Gasteiger partial charge in [0.2, 0.25) is 0 Å². The van der Waals surface area contributed by atoms with Gasteiger partial charge in [-0.2, -0.15) is 16.9 Å². The van der Waals surface area contributed by atoms with Gasteiger partial charge in [-0.1, -0.05) is 19.8 Å². The van der Waals surface area contributed by atoms with Crippen molar-refractivity contribution in [3.63, 3.8) is 0 Å². The van der Waals surface area contributed by atoms with E-state index in [2.05, 4.69) is 23.6 Å². The monoisotopic (exact) mass is 268 g/mol. The lowest BCUT2D eigenvalue weighted by Gasteiger charge is -2.20. The van der Waals surface area contributed by atoms with E-state index in [1.54, 1.807) is 0 Å². The number of nitrogens with two attached hydrogens (primary N) is 1. The van der Waals surface area contributed by atoms with E-state index in [4.69, 9.17) is 5.73 Å². The molecule has 1 saturated carbocycles. The fourth-order valence-electron chi connectivity index (χ4n) is 2.74. The Bertz CT molecular complexity index is 402. The third-order valence-corrected chi connectivity index (χ3v) is 4.89. The number of rotatable bonds is 5. The summed E-state index contributed by atoms with van der Waals surface area (Å²) in [7, 11) is 1.97. The standard InChI is InChI=1S/C13H24N4S/c1-4-6-10-12(14)13(17(2)16-10)15-9-7-5-8-11(9)18-3/h9,11,15H,4-8,14H2,1-3H3. The Labute approximate surface area is 114 Å². The molecule has 1 aliphatic rings.